The number of H-pyrrole nitrogens is 1. The van der Waals surface area contributed by atoms with E-state index in [9.17, 15) is 42.0 Å². The number of imidazole rings is 1. The fraction of sp³-hybridized carbons (Fsp3) is 0.323. The van der Waals surface area contributed by atoms with E-state index in [4.69, 9.17) is 4.74 Å². The molecule has 18 nitrogen and oxygen atoms in total. The van der Waals surface area contributed by atoms with Crippen LogP contribution in [0.3, 0.4) is 0 Å². The second-order valence-electron chi connectivity index (χ2n) is 11.7. The van der Waals surface area contributed by atoms with Gasteiger partial charge in [-0.1, -0.05) is 62.4 Å². The molecule has 0 saturated heterocycles. The number of anilines is 1. The summed E-state index contributed by atoms with van der Waals surface area (Å²) in [5.41, 5.74) is 2.87. The van der Waals surface area contributed by atoms with Crippen LogP contribution in [0.25, 0.3) is 22.3 Å². The maximum atomic E-state index is 13.5. The number of benzene rings is 2. The highest BCUT2D eigenvalue weighted by Crippen LogP contribution is 2.44. The monoisotopic (exact) mass is 711 g/mol. The van der Waals surface area contributed by atoms with Crippen LogP contribution in [0, 0.1) is 5.92 Å². The van der Waals surface area contributed by atoms with Crippen molar-refractivity contribution in [1.82, 2.24) is 29.7 Å². The Morgan fingerprint density at radius 1 is 1.06 bits per heavy atom. The number of aromatic amines is 1. The van der Waals surface area contributed by atoms with Crippen LogP contribution < -0.4 is 16.2 Å². The molecule has 2 aromatic heterocycles. The minimum atomic E-state index is -5.01. The number of carboxylic acid groups (broad SMARTS) is 1. The number of amides is 3. The normalized spacial score (nSPS) is 13.0. The summed E-state index contributed by atoms with van der Waals surface area (Å²) in [5.74, 6) is -3.70. The molecule has 0 radical (unpaired) electrons. The van der Waals surface area contributed by atoms with Gasteiger partial charge in [0.05, 0.1) is 19.0 Å². The number of carbonyl (C=O) groups is 4. The van der Waals surface area contributed by atoms with Crippen molar-refractivity contribution in [3.63, 3.8) is 0 Å². The van der Waals surface area contributed by atoms with Gasteiger partial charge in [-0.25, -0.2) is 14.0 Å². The SMILES string of the molecule is CC(C)C(=O)Nc1nc2c(ncn2CC(=O)N(CC(=O)O)C[C@H](COS(=O)(=O)O)NC(=O)OCC2c3ccccc3-c3ccccc32)c(=O)[nH]1. The van der Waals surface area contributed by atoms with Crippen LogP contribution in [-0.2, 0) is 40.2 Å². The summed E-state index contributed by atoms with van der Waals surface area (Å²) >= 11 is 0. The van der Waals surface area contributed by atoms with Gasteiger partial charge in [0.25, 0.3) is 5.56 Å². The number of carbonyl (C=O) groups excluding carboxylic acids is 3. The molecule has 0 spiro atoms. The van der Waals surface area contributed by atoms with E-state index in [0.717, 1.165) is 38.0 Å². The molecule has 0 bridgehead atoms. The smallest absolute Gasteiger partial charge is 0.407 e. The highest BCUT2D eigenvalue weighted by Gasteiger charge is 2.30. The molecule has 0 unspecified atom stereocenters. The lowest BCUT2D eigenvalue weighted by atomic mass is 9.98. The molecule has 19 heteroatoms. The Balaban J connectivity index is 1.32. The average Bonchev–Trinajstić information content (AvgIpc) is 3.60. The van der Waals surface area contributed by atoms with Gasteiger partial charge in [0.1, 0.15) is 19.7 Å². The summed E-state index contributed by atoms with van der Waals surface area (Å²) in [6, 6.07) is 13.8. The number of hydrogen-bond donors (Lipinski definition) is 5. The summed E-state index contributed by atoms with van der Waals surface area (Å²) in [6.45, 7) is 0.143. The highest BCUT2D eigenvalue weighted by molar-refractivity contribution is 7.80. The molecular weight excluding hydrogens is 678 g/mol. The van der Waals surface area contributed by atoms with Crippen LogP contribution in [0.2, 0.25) is 0 Å². The van der Waals surface area contributed by atoms with Crippen LogP contribution in [0.15, 0.2) is 59.7 Å². The molecular formula is C31H33N7O11S. The van der Waals surface area contributed by atoms with Crippen LogP contribution in [0.4, 0.5) is 10.7 Å². The Bertz CT molecular complexity index is 2070. The third-order valence-electron chi connectivity index (χ3n) is 7.75. The maximum Gasteiger partial charge on any atom is 0.407 e. The van der Waals surface area contributed by atoms with Gasteiger partial charge in [0, 0.05) is 18.4 Å². The molecule has 0 saturated carbocycles. The topological polar surface area (TPSA) is 252 Å². The molecule has 5 rings (SSSR count). The number of fused-ring (bicyclic) bond motifs is 4. The van der Waals surface area contributed by atoms with Gasteiger partial charge in [-0.15, -0.1) is 0 Å². The number of ether oxygens (including phenoxy) is 1. The number of hydrogen-bond acceptors (Lipinski definition) is 11. The quantitative estimate of drug-likeness (QED) is 0.116. The molecule has 1 aliphatic carbocycles. The Morgan fingerprint density at radius 2 is 1.70 bits per heavy atom. The first kappa shape index (κ1) is 35.6. The molecule has 5 N–H and O–H groups in total. The van der Waals surface area contributed by atoms with Crippen molar-refractivity contribution in [3.8, 4) is 11.1 Å². The first-order valence-corrected chi connectivity index (χ1v) is 16.6. The van der Waals surface area contributed by atoms with E-state index in [0.29, 0.717) is 0 Å². The van der Waals surface area contributed by atoms with Gasteiger partial charge >= 0.3 is 22.5 Å². The van der Waals surface area contributed by atoms with Gasteiger partial charge < -0.3 is 24.6 Å². The number of alkyl carbamates (subject to hydrolysis) is 1. The van der Waals surface area contributed by atoms with Crippen molar-refractivity contribution in [2.24, 2.45) is 5.92 Å². The zero-order chi connectivity index (χ0) is 36.2. The lowest BCUT2D eigenvalue weighted by Gasteiger charge is -2.27. The van der Waals surface area contributed by atoms with Crippen molar-refractivity contribution in [2.75, 3.05) is 31.6 Å². The third-order valence-corrected chi connectivity index (χ3v) is 8.18. The van der Waals surface area contributed by atoms with E-state index in [1.807, 2.05) is 48.5 Å². The molecule has 1 atom stereocenters. The first-order chi connectivity index (χ1) is 23.7. The summed E-state index contributed by atoms with van der Waals surface area (Å²) in [4.78, 5) is 74.2. The summed E-state index contributed by atoms with van der Waals surface area (Å²) in [5, 5.41) is 14.4. The Kier molecular flexibility index (Phi) is 10.6. The molecule has 2 aromatic carbocycles. The Hall–Kier alpha value is -5.66. The third kappa shape index (κ3) is 8.49. The van der Waals surface area contributed by atoms with Crippen LogP contribution in [-0.4, -0.2) is 98.7 Å². The number of nitrogens with zero attached hydrogens (tertiary/aromatic N) is 4. The molecule has 1 aliphatic rings. The van der Waals surface area contributed by atoms with Gasteiger partial charge in [-0.2, -0.15) is 13.4 Å². The second-order valence-corrected chi connectivity index (χ2v) is 12.7. The standard InChI is InChI=1S/C31H33N7O11S/c1-17(2)28(42)35-30-34-27-26(29(43)36-30)32-16-38(27)12-24(39)37(13-25(40)41)11-18(14-49-50(45,46)47)33-31(44)48-15-23-21-9-5-3-7-19(21)20-8-4-6-10-22(20)23/h3-10,16-18,23H,11-15H2,1-2H3,(H,33,44)(H,40,41)(H,45,46,47)(H2,34,35,36,42,43)/t18-/m1/s1. The Morgan fingerprint density at radius 3 is 2.30 bits per heavy atom. The molecule has 0 aliphatic heterocycles. The Labute approximate surface area is 284 Å². The highest BCUT2D eigenvalue weighted by atomic mass is 32.3. The van der Waals surface area contributed by atoms with E-state index in [-0.39, 0.29) is 29.6 Å². The van der Waals surface area contributed by atoms with Crippen molar-refractivity contribution in [1.29, 1.82) is 0 Å². The van der Waals surface area contributed by atoms with Crippen molar-refractivity contribution < 1.29 is 46.2 Å². The van der Waals surface area contributed by atoms with E-state index in [1.54, 1.807) is 13.8 Å². The van der Waals surface area contributed by atoms with Crippen molar-refractivity contribution >= 4 is 51.4 Å². The predicted molar refractivity (Wildman–Crippen MR) is 175 cm³/mol. The van der Waals surface area contributed by atoms with Gasteiger partial charge in [-0.05, 0) is 22.3 Å². The first-order valence-electron chi connectivity index (χ1n) is 15.2. The predicted octanol–water partition coefficient (Wildman–Crippen LogP) is 1.35. The molecule has 3 amide bonds. The number of nitrogens with one attached hydrogen (secondary N) is 3. The molecule has 4 aromatic rings. The number of carboxylic acids is 1. The van der Waals surface area contributed by atoms with E-state index >= 15 is 0 Å². The van der Waals surface area contributed by atoms with E-state index in [2.05, 4.69) is 29.8 Å². The summed E-state index contributed by atoms with van der Waals surface area (Å²) in [7, 11) is -5.01. The summed E-state index contributed by atoms with van der Waals surface area (Å²) in [6.07, 6.45) is 0.0876. The van der Waals surface area contributed by atoms with Gasteiger partial charge in [-0.3, -0.25) is 34.0 Å². The van der Waals surface area contributed by atoms with E-state index in [1.165, 1.54) is 0 Å². The fourth-order valence-electron chi connectivity index (χ4n) is 5.43. The molecule has 264 valence electrons. The number of aromatic nitrogens is 4. The molecule has 50 heavy (non-hydrogen) atoms. The van der Waals surface area contributed by atoms with Crippen molar-refractivity contribution in [2.45, 2.75) is 32.4 Å². The largest absolute Gasteiger partial charge is 0.480 e. The summed E-state index contributed by atoms with van der Waals surface area (Å²) < 4.78 is 43.1. The molecule has 2 heterocycles. The number of rotatable bonds is 14. The lowest BCUT2D eigenvalue weighted by Crippen LogP contribution is -2.50. The van der Waals surface area contributed by atoms with Crippen LogP contribution >= 0.6 is 0 Å². The average molecular weight is 712 g/mol. The molecule has 0 fully saturated rings. The van der Waals surface area contributed by atoms with Gasteiger partial charge in [0.15, 0.2) is 11.2 Å². The number of aliphatic carboxylic acids is 1. The van der Waals surface area contributed by atoms with Gasteiger partial charge in [0.2, 0.25) is 17.8 Å². The maximum absolute atomic E-state index is 13.5. The minimum absolute atomic E-state index is 0.0977. The zero-order valence-electron chi connectivity index (χ0n) is 26.7. The minimum Gasteiger partial charge on any atom is -0.480 e. The van der Waals surface area contributed by atoms with Crippen LogP contribution in [0.5, 0.6) is 0 Å². The lowest BCUT2D eigenvalue weighted by molar-refractivity contribution is -0.145. The van der Waals surface area contributed by atoms with Crippen molar-refractivity contribution in [3.05, 3.63) is 76.3 Å². The van der Waals surface area contributed by atoms with Crippen LogP contribution in [0.1, 0.15) is 30.9 Å². The second kappa shape index (κ2) is 14.8. The fourth-order valence-corrected chi connectivity index (χ4v) is 5.77. The van der Waals surface area contributed by atoms with E-state index < -0.39 is 78.0 Å². The zero-order valence-corrected chi connectivity index (χ0v) is 27.5.